The lowest BCUT2D eigenvalue weighted by atomic mass is 9.73. The Morgan fingerprint density at radius 1 is 1.40 bits per heavy atom. The third-order valence-electron chi connectivity index (χ3n) is 3.40. The van der Waals surface area contributed by atoms with Crippen LogP contribution < -0.4 is 0 Å². The van der Waals surface area contributed by atoms with Crippen LogP contribution in [-0.4, -0.2) is 25.7 Å². The van der Waals surface area contributed by atoms with E-state index in [2.05, 4.69) is 34.6 Å². The maximum absolute atomic E-state index is 11.2. The third kappa shape index (κ3) is 2.80. The molecule has 1 aliphatic rings. The van der Waals surface area contributed by atoms with Crippen molar-refractivity contribution in [1.82, 2.24) is 4.31 Å². The van der Waals surface area contributed by atoms with E-state index in [9.17, 15) is 8.76 Å². The molecule has 0 bridgehead atoms. The second kappa shape index (κ2) is 4.52. The standard InChI is InChI=1S/C11H23NO2S/c1-8(2)10-9(11(3,4)5)6-7-12(10)15(13)14/h8-10H,6-7H2,1-5H3,(H,13,14). The summed E-state index contributed by atoms with van der Waals surface area (Å²) < 4.78 is 22.2. The fraction of sp³-hybridized carbons (Fsp3) is 1.00. The molecule has 15 heavy (non-hydrogen) atoms. The molecule has 0 aromatic heterocycles. The lowest BCUT2D eigenvalue weighted by Gasteiger charge is -2.36. The van der Waals surface area contributed by atoms with Crippen molar-refractivity contribution in [3.05, 3.63) is 0 Å². The van der Waals surface area contributed by atoms with Crippen molar-refractivity contribution < 1.29 is 8.76 Å². The summed E-state index contributed by atoms with van der Waals surface area (Å²) >= 11 is -1.81. The van der Waals surface area contributed by atoms with Gasteiger partial charge in [0.2, 0.25) is 11.3 Å². The molecule has 90 valence electrons. The van der Waals surface area contributed by atoms with Crippen molar-refractivity contribution in [3.63, 3.8) is 0 Å². The first-order valence-electron chi connectivity index (χ1n) is 5.62. The van der Waals surface area contributed by atoms with E-state index in [4.69, 9.17) is 0 Å². The summed E-state index contributed by atoms with van der Waals surface area (Å²) in [5, 5.41) is 0. The van der Waals surface area contributed by atoms with E-state index in [0.717, 1.165) is 13.0 Å². The minimum absolute atomic E-state index is 0.211. The second-order valence-corrected chi connectivity index (χ2v) is 6.80. The summed E-state index contributed by atoms with van der Waals surface area (Å²) in [6.07, 6.45) is 1.03. The number of hydrogen-bond donors (Lipinski definition) is 1. The first kappa shape index (κ1) is 13.1. The molecule has 1 N–H and O–H groups in total. The number of rotatable bonds is 2. The maximum Gasteiger partial charge on any atom is 0.234 e. The summed E-state index contributed by atoms with van der Waals surface area (Å²) in [4.78, 5) is 0. The van der Waals surface area contributed by atoms with Crippen molar-refractivity contribution in [3.8, 4) is 0 Å². The van der Waals surface area contributed by atoms with Gasteiger partial charge in [-0.2, -0.15) is 4.31 Å². The lowest BCUT2D eigenvalue weighted by Crippen LogP contribution is -2.41. The molecule has 0 amide bonds. The van der Waals surface area contributed by atoms with Crippen molar-refractivity contribution in [2.24, 2.45) is 17.3 Å². The predicted octanol–water partition coefficient (Wildman–Crippen LogP) is 2.52. The number of nitrogens with zero attached hydrogens (tertiary/aromatic N) is 1. The van der Waals surface area contributed by atoms with Crippen LogP contribution in [0.25, 0.3) is 0 Å². The van der Waals surface area contributed by atoms with E-state index in [-0.39, 0.29) is 11.5 Å². The Bertz CT molecular complexity index is 247. The number of hydrogen-bond acceptors (Lipinski definition) is 1. The van der Waals surface area contributed by atoms with Gasteiger partial charge in [-0.3, -0.25) is 4.55 Å². The third-order valence-corrected chi connectivity index (χ3v) is 4.23. The highest BCUT2D eigenvalue weighted by atomic mass is 32.2. The van der Waals surface area contributed by atoms with Gasteiger partial charge in [-0.05, 0) is 23.7 Å². The highest BCUT2D eigenvalue weighted by molar-refractivity contribution is 7.76. The average molecular weight is 233 g/mol. The van der Waals surface area contributed by atoms with Gasteiger partial charge in [0.1, 0.15) is 0 Å². The van der Waals surface area contributed by atoms with Gasteiger partial charge in [0.25, 0.3) is 0 Å². The monoisotopic (exact) mass is 233 g/mol. The normalized spacial score (nSPS) is 31.1. The van der Waals surface area contributed by atoms with E-state index < -0.39 is 11.3 Å². The largest absolute Gasteiger partial charge is 0.294 e. The molecule has 1 rings (SSSR count). The molecule has 1 aliphatic heterocycles. The molecule has 0 spiro atoms. The molecular formula is C11H23NO2S. The van der Waals surface area contributed by atoms with Crippen LogP contribution in [0.4, 0.5) is 0 Å². The van der Waals surface area contributed by atoms with E-state index in [1.807, 2.05) is 0 Å². The zero-order valence-electron chi connectivity index (χ0n) is 10.4. The van der Waals surface area contributed by atoms with Crippen molar-refractivity contribution >= 4 is 11.3 Å². The maximum atomic E-state index is 11.2. The second-order valence-electron chi connectivity index (χ2n) is 5.87. The first-order chi connectivity index (χ1) is 6.75. The molecule has 1 heterocycles. The molecule has 3 unspecified atom stereocenters. The summed E-state index contributed by atoms with van der Waals surface area (Å²) in [7, 11) is 0. The lowest BCUT2D eigenvalue weighted by molar-refractivity contribution is 0.157. The van der Waals surface area contributed by atoms with Crippen LogP contribution in [-0.2, 0) is 11.3 Å². The molecule has 0 aromatic carbocycles. The zero-order chi connectivity index (χ0) is 11.8. The Kier molecular flexibility index (Phi) is 3.95. The average Bonchev–Trinajstić information content (AvgIpc) is 2.45. The van der Waals surface area contributed by atoms with Crippen molar-refractivity contribution in [2.45, 2.75) is 47.1 Å². The van der Waals surface area contributed by atoms with E-state index in [1.54, 1.807) is 4.31 Å². The Morgan fingerprint density at radius 3 is 2.27 bits per heavy atom. The van der Waals surface area contributed by atoms with Gasteiger partial charge in [-0.25, -0.2) is 4.21 Å². The van der Waals surface area contributed by atoms with E-state index in [0.29, 0.717) is 11.8 Å². The molecule has 0 radical (unpaired) electrons. The van der Waals surface area contributed by atoms with E-state index >= 15 is 0 Å². The minimum atomic E-state index is -1.81. The predicted molar refractivity (Wildman–Crippen MR) is 63.7 cm³/mol. The Morgan fingerprint density at radius 2 is 1.93 bits per heavy atom. The van der Waals surface area contributed by atoms with Crippen LogP contribution in [0.15, 0.2) is 0 Å². The van der Waals surface area contributed by atoms with Crippen molar-refractivity contribution in [1.29, 1.82) is 0 Å². The molecule has 1 fully saturated rings. The fourth-order valence-corrected chi connectivity index (χ4v) is 3.57. The van der Waals surface area contributed by atoms with Crippen LogP contribution in [0.2, 0.25) is 0 Å². The Hall–Kier alpha value is 0.0700. The van der Waals surface area contributed by atoms with Gasteiger partial charge in [-0.15, -0.1) is 0 Å². The van der Waals surface area contributed by atoms with Gasteiger partial charge in [0.15, 0.2) is 0 Å². The summed E-state index contributed by atoms with van der Waals surface area (Å²) in [5.74, 6) is 0.932. The van der Waals surface area contributed by atoms with Crippen LogP contribution in [0.3, 0.4) is 0 Å². The first-order valence-corrected chi connectivity index (χ1v) is 6.69. The highest BCUT2D eigenvalue weighted by Gasteiger charge is 2.44. The quantitative estimate of drug-likeness (QED) is 0.745. The fourth-order valence-electron chi connectivity index (χ4n) is 2.71. The molecule has 0 aromatic rings. The summed E-state index contributed by atoms with van der Waals surface area (Å²) in [6, 6.07) is 0.232. The smallest absolute Gasteiger partial charge is 0.234 e. The molecule has 0 aliphatic carbocycles. The zero-order valence-corrected chi connectivity index (χ0v) is 11.2. The Balaban J connectivity index is 2.90. The van der Waals surface area contributed by atoms with Gasteiger partial charge >= 0.3 is 0 Å². The summed E-state index contributed by atoms with van der Waals surface area (Å²) in [6.45, 7) is 11.7. The molecule has 4 heteroatoms. The van der Waals surface area contributed by atoms with Gasteiger partial charge < -0.3 is 0 Å². The molecule has 0 saturated carbocycles. The van der Waals surface area contributed by atoms with Crippen molar-refractivity contribution in [2.75, 3.05) is 6.54 Å². The van der Waals surface area contributed by atoms with E-state index in [1.165, 1.54) is 0 Å². The topological polar surface area (TPSA) is 40.5 Å². The SMILES string of the molecule is CC(C)C1C(C(C)(C)C)CCN1S(=O)O. The molecule has 3 nitrogen and oxygen atoms in total. The van der Waals surface area contributed by atoms with Gasteiger partial charge in [0.05, 0.1) is 0 Å². The van der Waals surface area contributed by atoms with Gasteiger partial charge in [-0.1, -0.05) is 34.6 Å². The summed E-state index contributed by atoms with van der Waals surface area (Å²) in [5.41, 5.74) is 0.211. The molecular weight excluding hydrogens is 210 g/mol. The van der Waals surface area contributed by atoms with Crippen LogP contribution in [0.5, 0.6) is 0 Å². The highest BCUT2D eigenvalue weighted by Crippen LogP contribution is 2.41. The molecule has 1 saturated heterocycles. The van der Waals surface area contributed by atoms with Gasteiger partial charge in [0, 0.05) is 12.6 Å². The van der Waals surface area contributed by atoms with Crippen LogP contribution >= 0.6 is 0 Å². The van der Waals surface area contributed by atoms with Crippen LogP contribution in [0, 0.1) is 17.3 Å². The van der Waals surface area contributed by atoms with Crippen LogP contribution in [0.1, 0.15) is 41.0 Å². The Labute approximate surface area is 95.7 Å². The molecule has 3 atom stereocenters. The minimum Gasteiger partial charge on any atom is -0.294 e.